The molecule has 1 aromatic carbocycles. The number of hydrogen-bond acceptors (Lipinski definition) is 5. The normalized spacial score (nSPS) is 12.0. The summed E-state index contributed by atoms with van der Waals surface area (Å²) in [5.74, 6) is -1.10. The lowest BCUT2D eigenvalue weighted by molar-refractivity contribution is -0.0498. The molecule has 6 nitrogen and oxygen atoms in total. The molecular formula is C22H19ClF2N2O4. The Hall–Kier alpha value is -3.26. The summed E-state index contributed by atoms with van der Waals surface area (Å²) < 4.78 is 36.1. The lowest BCUT2D eigenvalue weighted by atomic mass is 10.1. The Morgan fingerprint density at radius 1 is 1.10 bits per heavy atom. The monoisotopic (exact) mass is 448 g/mol. The predicted molar refractivity (Wildman–Crippen MR) is 110 cm³/mol. The molecule has 0 saturated heterocycles. The molecule has 2 heterocycles. The summed E-state index contributed by atoms with van der Waals surface area (Å²) in [6, 6.07) is 10.7. The average Bonchev–Trinajstić information content (AvgIpc) is 3.02. The third-order valence-corrected chi connectivity index (χ3v) is 4.95. The molecule has 9 heteroatoms. The summed E-state index contributed by atoms with van der Waals surface area (Å²) in [6.07, 6.45) is 0.383. The van der Waals surface area contributed by atoms with E-state index in [1.165, 1.54) is 31.3 Å². The van der Waals surface area contributed by atoms with E-state index in [2.05, 4.69) is 9.72 Å². The lowest BCUT2D eigenvalue weighted by Crippen LogP contribution is -2.25. The fourth-order valence-corrected chi connectivity index (χ4v) is 3.42. The zero-order chi connectivity index (χ0) is 22.7. The number of Topliss-reactive ketones (excluding diaryl/α,β-unsaturated/α-hetero) is 1. The van der Waals surface area contributed by atoms with E-state index in [1.807, 2.05) is 0 Å². The van der Waals surface area contributed by atoms with Crippen molar-refractivity contribution in [3.05, 3.63) is 76.3 Å². The Bertz CT molecular complexity index is 1110. The van der Waals surface area contributed by atoms with Crippen LogP contribution in [0.3, 0.4) is 0 Å². The quantitative estimate of drug-likeness (QED) is 0.283. The Balaban J connectivity index is 1.81. The number of hydrogen-bond donors (Lipinski definition) is 0. The van der Waals surface area contributed by atoms with Gasteiger partial charge in [0.2, 0.25) is 5.78 Å². The van der Waals surface area contributed by atoms with Gasteiger partial charge in [-0.15, -0.1) is 0 Å². The van der Waals surface area contributed by atoms with E-state index in [-0.39, 0.29) is 22.2 Å². The number of carbonyl (C=O) groups is 2. The molecule has 3 aromatic rings. The summed E-state index contributed by atoms with van der Waals surface area (Å²) in [6.45, 7) is 2.12. The van der Waals surface area contributed by atoms with Gasteiger partial charge in [0.25, 0.3) is 0 Å². The van der Waals surface area contributed by atoms with Gasteiger partial charge in [-0.25, -0.2) is 9.78 Å². The number of aryl methyl sites for hydroxylation is 1. The van der Waals surface area contributed by atoms with Crippen LogP contribution in [-0.2, 0) is 4.74 Å². The number of alkyl halides is 2. The van der Waals surface area contributed by atoms with E-state index in [9.17, 15) is 18.4 Å². The van der Waals surface area contributed by atoms with Crippen LogP contribution < -0.4 is 4.74 Å². The fourth-order valence-electron chi connectivity index (χ4n) is 3.22. The molecule has 0 amide bonds. The highest BCUT2D eigenvalue weighted by molar-refractivity contribution is 6.32. The van der Waals surface area contributed by atoms with E-state index in [0.717, 1.165) is 5.69 Å². The minimum atomic E-state index is -2.91. The first-order valence-electron chi connectivity index (χ1n) is 9.29. The molecule has 0 bridgehead atoms. The lowest BCUT2D eigenvalue weighted by Gasteiger charge is -2.14. The molecule has 2 aromatic heterocycles. The van der Waals surface area contributed by atoms with E-state index in [0.29, 0.717) is 16.9 Å². The van der Waals surface area contributed by atoms with Gasteiger partial charge in [-0.3, -0.25) is 4.79 Å². The zero-order valence-corrected chi connectivity index (χ0v) is 17.7. The van der Waals surface area contributed by atoms with Crippen molar-refractivity contribution in [2.75, 3.05) is 0 Å². The van der Waals surface area contributed by atoms with Crippen LogP contribution in [-0.4, -0.2) is 34.0 Å². The Kier molecular flexibility index (Phi) is 6.70. The SMILES string of the molecule is Cc1cc(C(=O)[C@H](C)OC(=O)c2cccnc2Cl)c(C)n1-c1ccc(OC(F)F)cc1. The number of nitrogens with zero attached hydrogens (tertiary/aromatic N) is 2. The molecule has 0 saturated carbocycles. The number of esters is 1. The maximum absolute atomic E-state index is 12.9. The van der Waals surface area contributed by atoms with Gasteiger partial charge < -0.3 is 14.0 Å². The standard InChI is InChI=1S/C22H19ClF2N2O4/c1-12-11-18(13(2)27(12)15-6-8-16(9-7-15)31-22(24)25)19(28)14(3)30-21(29)17-5-4-10-26-20(17)23/h4-11,14,22H,1-3H3/t14-/m0/s1. The average molecular weight is 449 g/mol. The highest BCUT2D eigenvalue weighted by Crippen LogP contribution is 2.25. The number of halogens is 3. The van der Waals surface area contributed by atoms with Gasteiger partial charge in [-0.1, -0.05) is 11.6 Å². The van der Waals surface area contributed by atoms with Crippen molar-refractivity contribution in [1.82, 2.24) is 9.55 Å². The minimum Gasteiger partial charge on any atom is -0.451 e. The van der Waals surface area contributed by atoms with Crippen molar-refractivity contribution in [3.8, 4) is 11.4 Å². The molecule has 1 atom stereocenters. The molecular weight excluding hydrogens is 430 g/mol. The van der Waals surface area contributed by atoms with Gasteiger partial charge in [-0.2, -0.15) is 8.78 Å². The molecule has 0 aliphatic carbocycles. The Morgan fingerprint density at radius 2 is 1.77 bits per heavy atom. The van der Waals surface area contributed by atoms with Gasteiger partial charge in [-0.05, 0) is 63.2 Å². The van der Waals surface area contributed by atoms with Gasteiger partial charge in [0.1, 0.15) is 10.9 Å². The minimum absolute atomic E-state index is 0.00963. The first-order valence-corrected chi connectivity index (χ1v) is 9.66. The van der Waals surface area contributed by atoms with Gasteiger partial charge >= 0.3 is 12.6 Å². The smallest absolute Gasteiger partial charge is 0.387 e. The van der Waals surface area contributed by atoms with Crippen LogP contribution in [0.2, 0.25) is 5.15 Å². The second-order valence-corrected chi connectivity index (χ2v) is 7.10. The summed E-state index contributed by atoms with van der Waals surface area (Å²) in [7, 11) is 0. The maximum atomic E-state index is 12.9. The highest BCUT2D eigenvalue weighted by atomic mass is 35.5. The van der Waals surface area contributed by atoms with Crippen molar-refractivity contribution in [3.63, 3.8) is 0 Å². The molecule has 0 radical (unpaired) electrons. The third-order valence-electron chi connectivity index (χ3n) is 4.65. The van der Waals surface area contributed by atoms with Gasteiger partial charge in [0.15, 0.2) is 6.10 Å². The predicted octanol–water partition coefficient (Wildman–Crippen LogP) is 5.17. The van der Waals surface area contributed by atoms with Crippen LogP contribution in [0.5, 0.6) is 5.75 Å². The fraction of sp³-hybridized carbons (Fsp3) is 0.227. The molecule has 0 aliphatic rings. The van der Waals surface area contributed by atoms with Gasteiger partial charge in [0.05, 0.1) is 5.56 Å². The van der Waals surface area contributed by atoms with Crippen molar-refractivity contribution in [1.29, 1.82) is 0 Å². The second kappa shape index (κ2) is 9.26. The number of ketones is 1. The molecule has 0 aliphatic heterocycles. The molecule has 3 rings (SSSR count). The number of aromatic nitrogens is 2. The van der Waals surface area contributed by atoms with Gasteiger partial charge in [0, 0.05) is 28.8 Å². The van der Waals surface area contributed by atoms with E-state index in [1.54, 1.807) is 42.7 Å². The van der Waals surface area contributed by atoms with Crippen LogP contribution in [0.25, 0.3) is 5.69 Å². The third kappa shape index (κ3) is 4.91. The van der Waals surface area contributed by atoms with Crippen LogP contribution in [0.15, 0.2) is 48.7 Å². The van der Waals surface area contributed by atoms with E-state index < -0.39 is 18.7 Å². The van der Waals surface area contributed by atoms with Crippen molar-refractivity contribution < 1.29 is 27.8 Å². The number of benzene rings is 1. The first kappa shape index (κ1) is 22.4. The molecule has 162 valence electrons. The molecule has 0 N–H and O–H groups in total. The number of pyridine rings is 1. The Morgan fingerprint density at radius 3 is 2.39 bits per heavy atom. The van der Waals surface area contributed by atoms with E-state index >= 15 is 0 Å². The highest BCUT2D eigenvalue weighted by Gasteiger charge is 2.25. The van der Waals surface area contributed by atoms with E-state index in [4.69, 9.17) is 16.3 Å². The number of rotatable bonds is 7. The largest absolute Gasteiger partial charge is 0.451 e. The van der Waals surface area contributed by atoms with Crippen LogP contribution in [0, 0.1) is 13.8 Å². The summed E-state index contributed by atoms with van der Waals surface area (Å²) in [5, 5.41) is -0.00963. The molecule has 31 heavy (non-hydrogen) atoms. The van der Waals surface area contributed by atoms with Crippen LogP contribution in [0.1, 0.15) is 39.0 Å². The van der Waals surface area contributed by atoms with Crippen molar-refractivity contribution in [2.45, 2.75) is 33.5 Å². The summed E-state index contributed by atoms with van der Waals surface area (Å²) >= 11 is 5.90. The zero-order valence-electron chi connectivity index (χ0n) is 16.9. The summed E-state index contributed by atoms with van der Waals surface area (Å²) in [5.41, 5.74) is 2.48. The molecule has 0 fully saturated rings. The Labute approximate surface area is 182 Å². The van der Waals surface area contributed by atoms with Crippen LogP contribution in [0.4, 0.5) is 8.78 Å². The number of ether oxygens (including phenoxy) is 2. The maximum Gasteiger partial charge on any atom is 0.387 e. The molecule has 0 unspecified atom stereocenters. The van der Waals surface area contributed by atoms with Crippen molar-refractivity contribution in [2.24, 2.45) is 0 Å². The first-order chi connectivity index (χ1) is 14.7. The van der Waals surface area contributed by atoms with Crippen LogP contribution >= 0.6 is 11.6 Å². The van der Waals surface area contributed by atoms with Crippen molar-refractivity contribution >= 4 is 23.4 Å². The topological polar surface area (TPSA) is 70.4 Å². The summed E-state index contributed by atoms with van der Waals surface area (Å²) in [4.78, 5) is 29.1. The number of carbonyl (C=O) groups excluding carboxylic acids is 2. The second-order valence-electron chi connectivity index (χ2n) is 6.75. The molecule has 0 spiro atoms.